The van der Waals surface area contributed by atoms with E-state index in [0.29, 0.717) is 49.0 Å². The highest BCUT2D eigenvalue weighted by atomic mass is 16.5. The summed E-state index contributed by atoms with van der Waals surface area (Å²) in [5.41, 5.74) is 5.07. The van der Waals surface area contributed by atoms with Crippen molar-refractivity contribution in [2.45, 2.75) is 90.1 Å². The lowest BCUT2D eigenvalue weighted by Crippen LogP contribution is -2.75. The highest BCUT2D eigenvalue weighted by molar-refractivity contribution is 6.19. The number of carbonyl (C=O) groups is 6. The summed E-state index contributed by atoms with van der Waals surface area (Å²) >= 11 is 0. The van der Waals surface area contributed by atoms with Gasteiger partial charge in [0.05, 0.1) is 122 Å². The summed E-state index contributed by atoms with van der Waals surface area (Å²) in [5.74, 6) is -3.09. The van der Waals surface area contributed by atoms with Crippen LogP contribution in [0.1, 0.15) is 110 Å². The van der Waals surface area contributed by atoms with E-state index in [2.05, 4.69) is 163 Å². The summed E-state index contributed by atoms with van der Waals surface area (Å²) in [5, 5.41) is 0. The number of ether oxygens (including phenoxy) is 4. The van der Waals surface area contributed by atoms with Gasteiger partial charge in [-0.2, -0.15) is 0 Å². The van der Waals surface area contributed by atoms with Crippen molar-refractivity contribution in [1.82, 2.24) is 109 Å². The van der Waals surface area contributed by atoms with E-state index in [0.717, 1.165) is 78.4 Å². The van der Waals surface area contributed by atoms with Crippen molar-refractivity contribution in [2.24, 2.45) is 21.7 Å². The first-order valence-corrected chi connectivity index (χ1v) is 48.2. The zero-order chi connectivity index (χ0) is 102. The standard InChI is InChI=1S/C28H29N5O5.C26H33N5O5.C24H31N5.C23H21N5.C9H21N3/c1-32-22(20-11-5-8-14-30-20)27(25(35)37-2)17-33(16-19-10-4-7-13-29-19)18-28(24(27)34,26(36)38-3)23(32)21-12-6-9-15-31-21;1-29(2)14-15-31-16-25(23(33)35-4)20(18-10-6-8-12-27-18)30(3)21(19-11-7-9-13-28-19)26(17-31,22(25)32)24(34)36-5;1-19-8-5-11-25-22(19)16-28(4)14-15-29(17-23-20(2)9-6-12-26-23)18-24-21(3)10-7-13-27-24;1-23(20-11-3-7-15-25-20,21-12-4-8-16-26-21)28(22-13-5-9-17-27-22)18-19-10-2-6-14-24-19;1-10-4-6-11(2)8-9-12(3)7-5-10/h4-15,22-23H,16-18H2,1-3H3;6-13,20-21H,14-17H2,1-5H3;5-13H,14-18H2,1-4H3;2-17H,18H2,1H3;4-9H2,1-3H3. The van der Waals surface area contributed by atoms with Crippen LogP contribution in [0, 0.1) is 42.4 Å². The second-order valence-corrected chi connectivity index (χ2v) is 37.7. The predicted octanol–water partition coefficient (Wildman–Crippen LogP) is 10.9. The van der Waals surface area contributed by atoms with Gasteiger partial charge in [-0.05, 0) is 228 Å². The Balaban J connectivity index is 0.000000155. The Kier molecular flexibility index (Phi) is 37.2. The van der Waals surface area contributed by atoms with Crippen molar-refractivity contribution < 1.29 is 47.7 Å². The summed E-state index contributed by atoms with van der Waals surface area (Å²) in [6.07, 6.45) is 21.0. The molecule has 0 amide bonds. The van der Waals surface area contributed by atoms with Crippen molar-refractivity contribution in [1.29, 1.82) is 0 Å². The molecular weight excluding hydrogens is 1800 g/mol. The molecule has 0 radical (unpaired) electrons. The molecular formula is C110H135N23O10. The zero-order valence-electron chi connectivity index (χ0n) is 85.1. The van der Waals surface area contributed by atoms with Crippen molar-refractivity contribution in [3.63, 3.8) is 0 Å². The molecule has 4 bridgehead atoms. The Labute approximate surface area is 840 Å². The molecule has 0 aliphatic carbocycles. The molecule has 12 aromatic rings. The van der Waals surface area contributed by atoms with Gasteiger partial charge < -0.3 is 43.4 Å². The van der Waals surface area contributed by atoms with Crippen molar-refractivity contribution >= 4 is 41.3 Å². The topological polar surface area (TPSA) is 330 Å². The number of anilines is 1. The molecule has 5 aliphatic rings. The summed E-state index contributed by atoms with van der Waals surface area (Å²) in [6, 6.07) is 59.8. The number of pyridine rings is 12. The zero-order valence-corrected chi connectivity index (χ0v) is 85.1. The molecule has 5 saturated heterocycles. The smallest absolute Gasteiger partial charge is 0.322 e. The first-order valence-electron chi connectivity index (χ1n) is 48.2. The van der Waals surface area contributed by atoms with Crippen LogP contribution in [0.2, 0.25) is 0 Å². The number of hydrogen-bond donors (Lipinski definition) is 0. The maximum atomic E-state index is 14.8. The number of Topliss-reactive ketones (excluding diaryl/α,β-unsaturated/α-hetero) is 2. The Morgan fingerprint density at radius 1 is 0.350 bits per heavy atom. The van der Waals surface area contributed by atoms with Gasteiger partial charge in [0.15, 0.2) is 33.2 Å². The highest BCUT2D eigenvalue weighted by Crippen LogP contribution is 2.62. The van der Waals surface area contributed by atoms with Crippen molar-refractivity contribution in [2.75, 3.05) is 181 Å². The quantitative estimate of drug-likeness (QED) is 0.0250. The maximum Gasteiger partial charge on any atom is 0.322 e. The molecule has 5 aliphatic heterocycles. The molecule has 0 spiro atoms. The van der Waals surface area contributed by atoms with E-state index in [1.165, 1.54) is 84.4 Å². The van der Waals surface area contributed by atoms with Crippen LogP contribution < -0.4 is 4.90 Å². The van der Waals surface area contributed by atoms with Gasteiger partial charge in [-0.3, -0.25) is 113 Å². The van der Waals surface area contributed by atoms with E-state index in [-0.39, 0.29) is 26.2 Å². The minimum atomic E-state index is -1.77. The van der Waals surface area contributed by atoms with Gasteiger partial charge in [-0.25, -0.2) is 4.98 Å². The largest absolute Gasteiger partial charge is 0.468 e. The van der Waals surface area contributed by atoms with E-state index in [4.69, 9.17) is 18.9 Å². The fourth-order valence-corrected chi connectivity index (χ4v) is 20.3. The molecule has 33 nitrogen and oxygen atoms in total. The minimum absolute atomic E-state index is 0.00828. The van der Waals surface area contributed by atoms with Gasteiger partial charge in [0.25, 0.3) is 0 Å². The second kappa shape index (κ2) is 49.9. The number of nitrogens with zero attached hydrogens (tertiary/aromatic N) is 23. The Morgan fingerprint density at radius 3 is 0.972 bits per heavy atom. The van der Waals surface area contributed by atoms with Gasteiger partial charge in [0, 0.05) is 192 Å². The summed E-state index contributed by atoms with van der Waals surface area (Å²) in [4.78, 5) is 163. The average molecular weight is 1940 g/mol. The molecule has 143 heavy (non-hydrogen) atoms. The van der Waals surface area contributed by atoms with Crippen LogP contribution in [0.3, 0.4) is 0 Å². The fraction of sp³-hybridized carbons (Fsp3) is 0.400. The van der Waals surface area contributed by atoms with Crippen LogP contribution in [0.4, 0.5) is 5.82 Å². The van der Waals surface area contributed by atoms with Gasteiger partial charge in [-0.15, -0.1) is 0 Å². The minimum Gasteiger partial charge on any atom is -0.468 e. The number of rotatable bonds is 28. The molecule has 0 N–H and O–H groups in total. The Morgan fingerprint density at radius 2 is 0.664 bits per heavy atom. The number of aromatic nitrogens is 12. The predicted molar refractivity (Wildman–Crippen MR) is 545 cm³/mol. The van der Waals surface area contributed by atoms with Crippen LogP contribution >= 0.6 is 0 Å². The second-order valence-electron chi connectivity index (χ2n) is 37.7. The fourth-order valence-electron chi connectivity index (χ4n) is 20.3. The van der Waals surface area contributed by atoms with E-state index in [1.54, 1.807) is 112 Å². The molecule has 33 heteroatoms. The monoisotopic (exact) mass is 1940 g/mol. The van der Waals surface area contributed by atoms with Crippen LogP contribution in [0.5, 0.6) is 0 Å². The average Bonchev–Trinajstić information content (AvgIpc) is 0.687. The number of fused-ring (bicyclic) bond motifs is 4. The molecule has 5 fully saturated rings. The summed E-state index contributed by atoms with van der Waals surface area (Å²) in [7, 11) is 21.3. The van der Waals surface area contributed by atoms with Crippen LogP contribution in [-0.4, -0.2) is 321 Å². The van der Waals surface area contributed by atoms with Gasteiger partial charge in [0.1, 0.15) is 11.4 Å². The molecule has 8 atom stereocenters. The van der Waals surface area contributed by atoms with Crippen LogP contribution in [-0.2, 0) is 86.0 Å². The summed E-state index contributed by atoms with van der Waals surface area (Å²) < 4.78 is 21.2. The van der Waals surface area contributed by atoms with Crippen LogP contribution in [0.25, 0.3) is 0 Å². The van der Waals surface area contributed by atoms with Gasteiger partial charge >= 0.3 is 23.9 Å². The van der Waals surface area contributed by atoms with E-state index in [9.17, 15) is 28.8 Å². The maximum absolute atomic E-state index is 14.8. The lowest BCUT2D eigenvalue weighted by molar-refractivity contribution is -0.205. The molecule has 17 heterocycles. The third kappa shape index (κ3) is 24.3. The SMILES string of the molecule is CC(c1ccccn1)(c1ccccn1)N(Cc1ccccn1)c1ccccn1.CN1CCN(C)CCN(C)CC1.COC(=O)C12CN(CCN(C)C)CC(C(=O)OC)(C1=O)C(c1ccccn1)N(C)C2c1ccccn1.COC(=O)C12CN(Cc3ccccn3)CC(C(=O)OC)(C1=O)C(c1ccccn1)N(C)C2c1ccccn1.Cc1cccnc1CN(C)CCN(Cc1ncccc1C)Cc1ncccc1C. The lowest BCUT2D eigenvalue weighted by Gasteiger charge is -2.60. The normalized spacial score (nSPS) is 21.2. The number of likely N-dealkylation sites (tertiary alicyclic amines) is 4. The van der Waals surface area contributed by atoms with E-state index >= 15 is 0 Å². The van der Waals surface area contributed by atoms with E-state index in [1.807, 2.05) is 197 Å². The number of piperidine rings is 4. The molecule has 750 valence electrons. The van der Waals surface area contributed by atoms with E-state index < -0.39 is 86.8 Å². The van der Waals surface area contributed by atoms with Crippen molar-refractivity contribution in [3.8, 4) is 0 Å². The molecule has 0 saturated carbocycles. The van der Waals surface area contributed by atoms with Crippen LogP contribution in [0.15, 0.2) is 275 Å². The summed E-state index contributed by atoms with van der Waals surface area (Å²) in [6.45, 7) is 22.4. The lowest BCUT2D eigenvalue weighted by atomic mass is 9.54. The van der Waals surface area contributed by atoms with Gasteiger partial charge in [0.2, 0.25) is 0 Å². The Hall–Kier alpha value is -13.6. The first-order chi connectivity index (χ1) is 69.1. The van der Waals surface area contributed by atoms with Crippen molar-refractivity contribution in [3.05, 3.63) is 354 Å². The number of likely N-dealkylation sites (N-methyl/N-ethyl adjacent to an activating group) is 5. The highest BCUT2D eigenvalue weighted by Gasteiger charge is 2.77. The molecule has 8 unspecified atom stereocenters. The third-order valence-electron chi connectivity index (χ3n) is 27.8. The third-order valence-corrected chi connectivity index (χ3v) is 27.8. The molecule has 12 aromatic heterocycles. The number of methoxy groups -OCH3 is 4. The molecule has 17 rings (SSSR count). The first kappa shape index (κ1) is 107. The number of esters is 4. The van der Waals surface area contributed by atoms with Gasteiger partial charge in [-0.1, -0.05) is 72.8 Å². The number of carbonyl (C=O) groups excluding carboxylic acids is 6. The molecule has 0 aromatic carbocycles. The Bertz CT molecular complexity index is 5800. The number of ketones is 2. The number of aryl methyl sites for hydroxylation is 3. The number of hydrogen-bond acceptors (Lipinski definition) is 33.